The van der Waals surface area contributed by atoms with Crippen molar-refractivity contribution in [3.8, 4) is 5.69 Å². The van der Waals surface area contributed by atoms with Gasteiger partial charge in [0.05, 0.1) is 17.9 Å². The zero-order valence-electron chi connectivity index (χ0n) is 20.8. The van der Waals surface area contributed by atoms with E-state index in [-0.39, 0.29) is 18.1 Å². The Morgan fingerprint density at radius 1 is 1.00 bits per heavy atom. The van der Waals surface area contributed by atoms with Gasteiger partial charge < -0.3 is 9.88 Å². The lowest BCUT2D eigenvalue weighted by atomic mass is 10.1. The van der Waals surface area contributed by atoms with E-state index in [0.717, 1.165) is 25.7 Å². The van der Waals surface area contributed by atoms with E-state index in [1.165, 1.54) is 32.3 Å². The quantitative estimate of drug-likeness (QED) is 0.360. The van der Waals surface area contributed by atoms with Crippen molar-refractivity contribution >= 4 is 21.8 Å². The van der Waals surface area contributed by atoms with Gasteiger partial charge in [0.15, 0.2) is 0 Å². The zero-order chi connectivity index (χ0) is 26.6. The summed E-state index contributed by atoms with van der Waals surface area (Å²) in [6.45, 7) is 2.13. The first-order chi connectivity index (χ1) is 17.7. The number of carbonyl (C=O) groups excluding carboxylic acids is 1. The molecule has 0 atom stereocenters. The van der Waals surface area contributed by atoms with Crippen molar-refractivity contribution in [1.82, 2.24) is 19.2 Å². The van der Waals surface area contributed by atoms with E-state index in [2.05, 4.69) is 10.3 Å². The largest absolute Gasteiger partial charge is 0.348 e. The minimum atomic E-state index is -3.96. The van der Waals surface area contributed by atoms with Crippen LogP contribution in [0, 0.1) is 12.7 Å². The Morgan fingerprint density at radius 2 is 1.68 bits per heavy atom. The summed E-state index contributed by atoms with van der Waals surface area (Å²) in [6.07, 6.45) is 3.60. The van der Waals surface area contributed by atoms with Gasteiger partial charge in [-0.3, -0.25) is 9.10 Å². The van der Waals surface area contributed by atoms with Crippen LogP contribution in [0.5, 0.6) is 0 Å². The van der Waals surface area contributed by atoms with Gasteiger partial charge in [0.1, 0.15) is 11.6 Å². The number of benzene rings is 3. The number of nitrogens with one attached hydrogen (secondary N) is 1. The van der Waals surface area contributed by atoms with Crippen LogP contribution in [-0.4, -0.2) is 42.3 Å². The van der Waals surface area contributed by atoms with E-state index < -0.39 is 16.0 Å². The van der Waals surface area contributed by atoms with Crippen LogP contribution in [0.2, 0.25) is 0 Å². The summed E-state index contributed by atoms with van der Waals surface area (Å²) in [5.41, 5.74) is 2.84. The Morgan fingerprint density at radius 3 is 2.32 bits per heavy atom. The van der Waals surface area contributed by atoms with Gasteiger partial charge in [0.2, 0.25) is 0 Å². The third-order valence-corrected chi connectivity index (χ3v) is 7.73. The Kier molecular flexibility index (Phi) is 7.70. The second-order valence-electron chi connectivity index (χ2n) is 8.60. The summed E-state index contributed by atoms with van der Waals surface area (Å²) < 4.78 is 44.3. The molecular weight excluding hydrogens is 493 g/mol. The van der Waals surface area contributed by atoms with Gasteiger partial charge in [0.25, 0.3) is 5.91 Å². The SMILES string of the molecule is Cc1nccn1-c1ccccc1CNC(=O)c1ccc(CN(c2ccccc2F)S(=O)(=O)N(C)C)cc1. The molecule has 192 valence electrons. The number of nitrogens with zero attached hydrogens (tertiary/aromatic N) is 4. The third kappa shape index (κ3) is 5.71. The van der Waals surface area contributed by atoms with Crippen LogP contribution in [0.3, 0.4) is 0 Å². The van der Waals surface area contributed by atoms with Gasteiger partial charge in [0, 0.05) is 38.6 Å². The molecule has 1 heterocycles. The fourth-order valence-corrected chi connectivity index (χ4v) is 4.98. The van der Waals surface area contributed by atoms with Crippen molar-refractivity contribution in [2.24, 2.45) is 0 Å². The van der Waals surface area contributed by atoms with Crippen molar-refractivity contribution in [1.29, 1.82) is 0 Å². The summed E-state index contributed by atoms with van der Waals surface area (Å²) in [5, 5.41) is 2.93. The minimum Gasteiger partial charge on any atom is -0.348 e. The predicted molar refractivity (Wildman–Crippen MR) is 141 cm³/mol. The van der Waals surface area contributed by atoms with E-state index in [0.29, 0.717) is 17.7 Å². The molecule has 0 bridgehead atoms. The number of rotatable bonds is 9. The van der Waals surface area contributed by atoms with Crippen molar-refractivity contribution < 1.29 is 17.6 Å². The van der Waals surface area contributed by atoms with Gasteiger partial charge >= 0.3 is 10.2 Å². The highest BCUT2D eigenvalue weighted by atomic mass is 32.2. The number of anilines is 1. The first-order valence-corrected chi connectivity index (χ1v) is 13.0. The summed E-state index contributed by atoms with van der Waals surface area (Å²) in [6, 6.07) is 20.0. The molecule has 4 aromatic rings. The molecule has 0 spiro atoms. The average molecular weight is 522 g/mol. The molecule has 0 radical (unpaired) electrons. The maximum atomic E-state index is 14.5. The van der Waals surface area contributed by atoms with Crippen molar-refractivity contribution in [2.45, 2.75) is 20.0 Å². The number of aromatic nitrogens is 2. The normalized spacial score (nSPS) is 11.5. The van der Waals surface area contributed by atoms with Gasteiger partial charge in [-0.05, 0) is 48.4 Å². The fraction of sp³-hybridized carbons (Fsp3) is 0.185. The van der Waals surface area contributed by atoms with Crippen LogP contribution in [0.1, 0.15) is 27.3 Å². The Labute approximate surface area is 216 Å². The lowest BCUT2D eigenvalue weighted by Crippen LogP contribution is -2.40. The number of halogens is 1. The van der Waals surface area contributed by atoms with Crippen molar-refractivity contribution in [3.05, 3.63) is 114 Å². The first kappa shape index (κ1) is 26.1. The van der Waals surface area contributed by atoms with Crippen LogP contribution in [0.25, 0.3) is 5.69 Å². The lowest BCUT2D eigenvalue weighted by Gasteiger charge is -2.27. The van der Waals surface area contributed by atoms with Gasteiger partial charge in [-0.25, -0.2) is 9.37 Å². The summed E-state index contributed by atoms with van der Waals surface area (Å²) >= 11 is 0. The molecule has 0 saturated heterocycles. The highest BCUT2D eigenvalue weighted by Crippen LogP contribution is 2.25. The summed E-state index contributed by atoms with van der Waals surface area (Å²) in [5.74, 6) is -0.0688. The number of hydrogen-bond acceptors (Lipinski definition) is 4. The molecule has 4 rings (SSSR count). The molecule has 0 aliphatic heterocycles. The second-order valence-corrected chi connectivity index (χ2v) is 10.7. The number of amides is 1. The molecule has 0 aliphatic carbocycles. The smallest absolute Gasteiger partial charge is 0.303 e. The lowest BCUT2D eigenvalue weighted by molar-refractivity contribution is 0.0951. The minimum absolute atomic E-state index is 0.0511. The Balaban J connectivity index is 1.49. The molecule has 8 nitrogen and oxygen atoms in total. The molecule has 10 heteroatoms. The number of carbonyl (C=O) groups is 1. The number of imidazole rings is 1. The molecule has 1 aromatic heterocycles. The van der Waals surface area contributed by atoms with Gasteiger partial charge in [-0.1, -0.05) is 42.5 Å². The molecular formula is C27H28FN5O3S. The number of aryl methyl sites for hydroxylation is 1. The fourth-order valence-electron chi connectivity index (χ4n) is 3.87. The molecule has 0 unspecified atom stereocenters. The monoisotopic (exact) mass is 521 g/mol. The van der Waals surface area contributed by atoms with Gasteiger partial charge in [-0.2, -0.15) is 12.7 Å². The van der Waals surface area contributed by atoms with E-state index in [1.807, 2.05) is 42.0 Å². The van der Waals surface area contributed by atoms with Crippen LogP contribution in [0.15, 0.2) is 85.2 Å². The van der Waals surface area contributed by atoms with Crippen LogP contribution >= 0.6 is 0 Å². The second kappa shape index (κ2) is 10.9. The maximum Gasteiger partial charge on any atom is 0.303 e. The summed E-state index contributed by atoms with van der Waals surface area (Å²) in [4.78, 5) is 17.1. The highest BCUT2D eigenvalue weighted by molar-refractivity contribution is 7.90. The van der Waals surface area contributed by atoms with E-state index in [4.69, 9.17) is 0 Å². The van der Waals surface area contributed by atoms with E-state index in [9.17, 15) is 17.6 Å². The Bertz CT molecular complexity index is 1500. The topological polar surface area (TPSA) is 87.5 Å². The maximum absolute atomic E-state index is 14.5. The molecule has 0 fully saturated rings. The Hall–Kier alpha value is -4.02. The first-order valence-electron chi connectivity index (χ1n) is 11.6. The van der Waals surface area contributed by atoms with Crippen molar-refractivity contribution in [2.75, 3.05) is 18.4 Å². The predicted octanol–water partition coefficient (Wildman–Crippen LogP) is 4.06. The molecule has 37 heavy (non-hydrogen) atoms. The zero-order valence-corrected chi connectivity index (χ0v) is 21.6. The molecule has 3 aromatic carbocycles. The third-order valence-electron chi connectivity index (χ3n) is 5.92. The van der Waals surface area contributed by atoms with Gasteiger partial charge in [-0.15, -0.1) is 0 Å². The molecule has 0 aliphatic rings. The standard InChI is InChI=1S/C27H28FN5O3S/c1-20-29-16-17-32(20)25-10-6-4-8-23(25)18-30-27(34)22-14-12-21(13-15-22)19-33(37(35,36)31(2)3)26-11-7-5-9-24(26)28/h4-17H,18-19H2,1-3H3,(H,30,34). The molecule has 1 amide bonds. The summed E-state index contributed by atoms with van der Waals surface area (Å²) in [7, 11) is -1.18. The van der Waals surface area contributed by atoms with E-state index in [1.54, 1.807) is 36.5 Å². The number of para-hydroxylation sites is 2. The average Bonchev–Trinajstić information content (AvgIpc) is 3.32. The molecule has 1 N–H and O–H groups in total. The highest BCUT2D eigenvalue weighted by Gasteiger charge is 2.27. The molecule has 0 saturated carbocycles. The van der Waals surface area contributed by atoms with Crippen LogP contribution < -0.4 is 9.62 Å². The van der Waals surface area contributed by atoms with E-state index >= 15 is 0 Å². The van der Waals surface area contributed by atoms with Crippen LogP contribution in [-0.2, 0) is 23.3 Å². The van der Waals surface area contributed by atoms with Crippen molar-refractivity contribution in [3.63, 3.8) is 0 Å². The van der Waals surface area contributed by atoms with Crippen LogP contribution in [0.4, 0.5) is 10.1 Å². The number of hydrogen-bond donors (Lipinski definition) is 1.